The summed E-state index contributed by atoms with van der Waals surface area (Å²) in [4.78, 5) is 25.0. The van der Waals surface area contributed by atoms with Gasteiger partial charge in [-0.2, -0.15) is 0 Å². The second-order valence-corrected chi connectivity index (χ2v) is 7.29. The number of rotatable bonds is 6. The van der Waals surface area contributed by atoms with Crippen LogP contribution in [0, 0.1) is 6.92 Å². The number of hydrogen-bond donors (Lipinski definition) is 2. The van der Waals surface area contributed by atoms with E-state index in [4.69, 9.17) is 4.74 Å². The van der Waals surface area contributed by atoms with Gasteiger partial charge >= 0.3 is 0 Å². The first-order valence-electron chi connectivity index (χ1n) is 10.2. The van der Waals surface area contributed by atoms with Crippen LogP contribution < -0.4 is 15.4 Å². The van der Waals surface area contributed by atoms with Gasteiger partial charge in [-0.25, -0.2) is 0 Å². The molecule has 158 valence electrons. The maximum Gasteiger partial charge on any atom is 0.255 e. The van der Waals surface area contributed by atoms with Crippen molar-refractivity contribution in [2.24, 2.45) is 0 Å². The van der Waals surface area contributed by atoms with Gasteiger partial charge < -0.3 is 15.4 Å². The largest absolute Gasteiger partial charge is 0.457 e. The zero-order valence-electron chi connectivity index (χ0n) is 17.5. The highest BCUT2D eigenvalue weighted by molar-refractivity contribution is 6.07. The number of anilines is 2. The highest BCUT2D eigenvalue weighted by Crippen LogP contribution is 2.23. The van der Waals surface area contributed by atoms with Gasteiger partial charge in [-0.15, -0.1) is 0 Å². The third-order valence-corrected chi connectivity index (χ3v) is 4.79. The van der Waals surface area contributed by atoms with Crippen LogP contribution in [0.2, 0.25) is 0 Å². The van der Waals surface area contributed by atoms with Crippen molar-refractivity contribution in [3.8, 4) is 11.5 Å². The summed E-state index contributed by atoms with van der Waals surface area (Å²) < 4.78 is 5.81. The fraction of sp³-hybridized carbons (Fsp3) is 0.0370. The molecule has 2 amide bonds. The van der Waals surface area contributed by atoms with E-state index < -0.39 is 0 Å². The van der Waals surface area contributed by atoms with Gasteiger partial charge in [0.1, 0.15) is 11.5 Å². The molecule has 0 aliphatic heterocycles. The number of aryl methyl sites for hydroxylation is 1. The molecule has 5 heteroatoms. The van der Waals surface area contributed by atoms with Crippen LogP contribution in [0.4, 0.5) is 11.4 Å². The van der Waals surface area contributed by atoms with Crippen molar-refractivity contribution in [1.29, 1.82) is 0 Å². The molecule has 0 aromatic heterocycles. The normalized spacial score (nSPS) is 10.3. The van der Waals surface area contributed by atoms with Crippen LogP contribution in [-0.2, 0) is 0 Å². The summed E-state index contributed by atoms with van der Waals surface area (Å²) in [6.07, 6.45) is 0. The van der Waals surface area contributed by atoms with Gasteiger partial charge in [0.25, 0.3) is 11.8 Å². The summed E-state index contributed by atoms with van der Waals surface area (Å²) in [5.74, 6) is 0.930. The minimum absolute atomic E-state index is 0.229. The Labute approximate surface area is 186 Å². The SMILES string of the molecule is Cc1ccc(Oc2ccc(NC(=O)c3cccc(NC(=O)c4ccccc4)c3)cc2)cc1. The first-order valence-corrected chi connectivity index (χ1v) is 10.2. The van der Waals surface area contributed by atoms with E-state index >= 15 is 0 Å². The van der Waals surface area contributed by atoms with Crippen molar-refractivity contribution in [2.45, 2.75) is 6.92 Å². The molecule has 0 bridgehead atoms. The molecule has 0 saturated heterocycles. The summed E-state index contributed by atoms with van der Waals surface area (Å²) in [5.41, 5.74) is 3.35. The van der Waals surface area contributed by atoms with Crippen molar-refractivity contribution in [1.82, 2.24) is 0 Å². The third kappa shape index (κ3) is 5.40. The first kappa shape index (κ1) is 20.9. The number of nitrogens with one attached hydrogen (secondary N) is 2. The minimum atomic E-state index is -0.270. The molecular weight excluding hydrogens is 400 g/mol. The smallest absolute Gasteiger partial charge is 0.255 e. The molecule has 5 nitrogen and oxygen atoms in total. The Morgan fingerprint density at radius 2 is 1.16 bits per heavy atom. The standard InChI is InChI=1S/C27H22N2O3/c1-19-10-14-24(15-11-19)32-25-16-12-22(13-17-25)28-27(31)21-8-5-9-23(18-21)29-26(30)20-6-3-2-4-7-20/h2-18H,1H3,(H,28,31)(H,29,30). The van der Waals surface area contributed by atoms with E-state index in [-0.39, 0.29) is 11.8 Å². The van der Waals surface area contributed by atoms with Gasteiger partial charge in [-0.1, -0.05) is 42.0 Å². The molecule has 32 heavy (non-hydrogen) atoms. The van der Waals surface area contributed by atoms with Crippen LogP contribution in [0.15, 0.2) is 103 Å². The summed E-state index contributed by atoms with van der Waals surface area (Å²) in [6.45, 7) is 2.02. The highest BCUT2D eigenvalue weighted by Gasteiger charge is 2.10. The zero-order chi connectivity index (χ0) is 22.3. The predicted octanol–water partition coefficient (Wildman–Crippen LogP) is 6.29. The molecule has 0 aliphatic rings. The number of benzene rings is 4. The summed E-state index contributed by atoms with van der Waals surface area (Å²) >= 11 is 0. The molecular formula is C27H22N2O3. The van der Waals surface area contributed by atoms with E-state index in [0.717, 1.165) is 5.75 Å². The molecule has 0 heterocycles. The molecule has 0 aliphatic carbocycles. The maximum atomic E-state index is 12.7. The molecule has 0 atom stereocenters. The number of amides is 2. The number of hydrogen-bond acceptors (Lipinski definition) is 3. The van der Waals surface area contributed by atoms with E-state index in [1.807, 2.05) is 37.3 Å². The summed E-state index contributed by atoms with van der Waals surface area (Å²) in [6, 6.07) is 30.7. The fourth-order valence-corrected chi connectivity index (χ4v) is 3.08. The van der Waals surface area contributed by atoms with Crippen LogP contribution >= 0.6 is 0 Å². The Morgan fingerprint density at radius 1 is 0.594 bits per heavy atom. The lowest BCUT2D eigenvalue weighted by atomic mass is 10.1. The van der Waals surface area contributed by atoms with Crippen molar-refractivity contribution in [3.63, 3.8) is 0 Å². The van der Waals surface area contributed by atoms with Crippen LogP contribution in [0.3, 0.4) is 0 Å². The van der Waals surface area contributed by atoms with Crippen molar-refractivity contribution in [2.75, 3.05) is 10.6 Å². The second kappa shape index (κ2) is 9.62. The number of carbonyl (C=O) groups excluding carboxylic acids is 2. The van der Waals surface area contributed by atoms with E-state index in [0.29, 0.717) is 28.3 Å². The molecule has 0 radical (unpaired) electrons. The van der Waals surface area contributed by atoms with Gasteiger partial charge in [0.15, 0.2) is 0 Å². The van der Waals surface area contributed by atoms with E-state index in [1.54, 1.807) is 72.8 Å². The van der Waals surface area contributed by atoms with Gasteiger partial charge in [0.2, 0.25) is 0 Å². The van der Waals surface area contributed by atoms with Gasteiger partial charge in [-0.3, -0.25) is 9.59 Å². The molecule has 0 fully saturated rings. The second-order valence-electron chi connectivity index (χ2n) is 7.29. The summed E-state index contributed by atoms with van der Waals surface area (Å²) in [7, 11) is 0. The first-order chi connectivity index (χ1) is 15.6. The predicted molar refractivity (Wildman–Crippen MR) is 126 cm³/mol. The molecule has 4 aromatic carbocycles. The number of ether oxygens (including phenoxy) is 1. The van der Waals surface area contributed by atoms with Crippen molar-refractivity contribution in [3.05, 3.63) is 120 Å². The summed E-state index contributed by atoms with van der Waals surface area (Å²) in [5, 5.41) is 5.68. The van der Waals surface area contributed by atoms with Crippen LogP contribution in [-0.4, -0.2) is 11.8 Å². The van der Waals surface area contributed by atoms with Gasteiger partial charge in [-0.05, 0) is 73.7 Å². The van der Waals surface area contributed by atoms with Crippen molar-refractivity contribution >= 4 is 23.2 Å². The molecule has 4 aromatic rings. The zero-order valence-corrected chi connectivity index (χ0v) is 17.5. The molecule has 2 N–H and O–H groups in total. The Kier molecular flexibility index (Phi) is 6.28. The average molecular weight is 422 g/mol. The monoisotopic (exact) mass is 422 g/mol. The topological polar surface area (TPSA) is 67.4 Å². The van der Waals surface area contributed by atoms with E-state index in [1.165, 1.54) is 5.56 Å². The number of carbonyl (C=O) groups is 2. The average Bonchev–Trinajstić information content (AvgIpc) is 2.82. The maximum absolute atomic E-state index is 12.7. The lowest BCUT2D eigenvalue weighted by Gasteiger charge is -2.10. The molecule has 0 unspecified atom stereocenters. The van der Waals surface area contributed by atoms with Crippen molar-refractivity contribution < 1.29 is 14.3 Å². The van der Waals surface area contributed by atoms with E-state index in [9.17, 15) is 9.59 Å². The third-order valence-electron chi connectivity index (χ3n) is 4.79. The lowest BCUT2D eigenvalue weighted by molar-refractivity contribution is 0.101. The molecule has 0 spiro atoms. The Balaban J connectivity index is 1.38. The van der Waals surface area contributed by atoms with Crippen LogP contribution in [0.25, 0.3) is 0 Å². The van der Waals surface area contributed by atoms with Crippen LogP contribution in [0.1, 0.15) is 26.3 Å². The van der Waals surface area contributed by atoms with E-state index in [2.05, 4.69) is 10.6 Å². The Bertz CT molecular complexity index is 1220. The highest BCUT2D eigenvalue weighted by atomic mass is 16.5. The minimum Gasteiger partial charge on any atom is -0.457 e. The van der Waals surface area contributed by atoms with Gasteiger partial charge in [0.05, 0.1) is 0 Å². The quantitative estimate of drug-likeness (QED) is 0.384. The molecule has 0 saturated carbocycles. The Hall–Kier alpha value is -4.38. The Morgan fingerprint density at radius 3 is 1.84 bits per heavy atom. The van der Waals surface area contributed by atoms with Gasteiger partial charge in [0, 0.05) is 22.5 Å². The van der Waals surface area contributed by atoms with Crippen LogP contribution in [0.5, 0.6) is 11.5 Å². The fourth-order valence-electron chi connectivity index (χ4n) is 3.08. The molecule has 4 rings (SSSR count). The lowest BCUT2D eigenvalue weighted by Crippen LogP contribution is -2.14.